The minimum absolute atomic E-state index is 0.00497. The number of piperazine rings is 1. The van der Waals surface area contributed by atoms with E-state index in [1.807, 2.05) is 0 Å². The Morgan fingerprint density at radius 3 is 2.57 bits per heavy atom. The van der Waals surface area contributed by atoms with Crippen LogP contribution in [0.25, 0.3) is 0 Å². The first-order valence-corrected chi connectivity index (χ1v) is 7.85. The van der Waals surface area contributed by atoms with Gasteiger partial charge in [-0.05, 0) is 44.4 Å². The second-order valence-corrected chi connectivity index (χ2v) is 6.34. The van der Waals surface area contributed by atoms with Gasteiger partial charge in [0, 0.05) is 12.2 Å². The van der Waals surface area contributed by atoms with Crippen LogP contribution < -0.4 is 4.90 Å². The summed E-state index contributed by atoms with van der Waals surface area (Å²) in [5.74, 6) is -0.0226. The molecule has 0 spiro atoms. The van der Waals surface area contributed by atoms with E-state index in [1.165, 1.54) is 0 Å². The van der Waals surface area contributed by atoms with E-state index in [9.17, 15) is 9.59 Å². The number of halogens is 2. The maximum atomic E-state index is 12.8. The molecule has 2 saturated heterocycles. The van der Waals surface area contributed by atoms with Crippen LogP contribution in [0.4, 0.5) is 5.69 Å². The highest BCUT2D eigenvalue weighted by Crippen LogP contribution is 2.33. The zero-order valence-electron chi connectivity index (χ0n) is 11.7. The Morgan fingerprint density at radius 2 is 1.86 bits per heavy atom. The van der Waals surface area contributed by atoms with Gasteiger partial charge in [0.2, 0.25) is 5.91 Å². The Labute approximate surface area is 133 Å². The monoisotopic (exact) mass is 326 g/mol. The van der Waals surface area contributed by atoms with Crippen LogP contribution in [0, 0.1) is 0 Å². The molecule has 3 rings (SSSR count). The predicted molar refractivity (Wildman–Crippen MR) is 82.8 cm³/mol. The summed E-state index contributed by atoms with van der Waals surface area (Å²) in [7, 11) is 0. The Morgan fingerprint density at radius 1 is 1.10 bits per heavy atom. The number of anilines is 1. The summed E-state index contributed by atoms with van der Waals surface area (Å²) < 4.78 is 0. The van der Waals surface area contributed by atoms with Crippen molar-refractivity contribution in [2.75, 3.05) is 11.4 Å². The van der Waals surface area contributed by atoms with Gasteiger partial charge in [-0.15, -0.1) is 0 Å². The molecular formula is C15H16Cl2N2O2. The second-order valence-electron chi connectivity index (χ2n) is 5.53. The Bertz CT molecular complexity index is 605. The fraction of sp³-hybridized carbons (Fsp3) is 0.467. The van der Waals surface area contributed by atoms with Crippen LogP contribution in [0.1, 0.15) is 26.2 Å². The first kappa shape index (κ1) is 14.7. The first-order chi connectivity index (χ1) is 10.0. The third kappa shape index (κ3) is 2.40. The molecule has 2 unspecified atom stereocenters. The normalized spacial score (nSPS) is 26.0. The minimum atomic E-state index is -0.510. The van der Waals surface area contributed by atoms with Crippen molar-refractivity contribution >= 4 is 40.7 Å². The van der Waals surface area contributed by atoms with E-state index in [1.54, 1.807) is 34.9 Å². The lowest BCUT2D eigenvalue weighted by Crippen LogP contribution is -2.65. The van der Waals surface area contributed by atoms with Crippen LogP contribution >= 0.6 is 23.2 Å². The summed E-state index contributed by atoms with van der Waals surface area (Å²) >= 11 is 12.0. The van der Waals surface area contributed by atoms with Crippen LogP contribution in [0.3, 0.4) is 0 Å². The summed E-state index contributed by atoms with van der Waals surface area (Å²) in [6.45, 7) is 2.43. The molecule has 21 heavy (non-hydrogen) atoms. The molecule has 0 bridgehead atoms. The molecule has 2 heterocycles. The van der Waals surface area contributed by atoms with Gasteiger partial charge in [0.25, 0.3) is 5.91 Å². The van der Waals surface area contributed by atoms with Gasteiger partial charge < -0.3 is 4.90 Å². The van der Waals surface area contributed by atoms with Gasteiger partial charge in [-0.3, -0.25) is 14.5 Å². The Kier molecular flexibility index (Phi) is 3.84. The van der Waals surface area contributed by atoms with Crippen molar-refractivity contribution in [2.45, 2.75) is 38.3 Å². The molecule has 2 atom stereocenters. The molecule has 6 heteroatoms. The summed E-state index contributed by atoms with van der Waals surface area (Å²) in [6.07, 6.45) is 2.67. The lowest BCUT2D eigenvalue weighted by atomic mass is 9.95. The van der Waals surface area contributed by atoms with Crippen molar-refractivity contribution in [1.82, 2.24) is 4.90 Å². The fourth-order valence-electron chi connectivity index (χ4n) is 3.14. The van der Waals surface area contributed by atoms with Gasteiger partial charge >= 0.3 is 0 Å². The van der Waals surface area contributed by atoms with Crippen LogP contribution in [0.2, 0.25) is 10.0 Å². The van der Waals surface area contributed by atoms with Gasteiger partial charge in [-0.25, -0.2) is 0 Å². The zero-order valence-corrected chi connectivity index (χ0v) is 13.2. The smallest absolute Gasteiger partial charge is 0.250 e. The molecule has 0 radical (unpaired) electrons. The molecule has 4 nitrogen and oxygen atoms in total. The number of hydrogen-bond acceptors (Lipinski definition) is 2. The van der Waals surface area contributed by atoms with E-state index in [-0.39, 0.29) is 17.9 Å². The number of piperidine rings is 1. The summed E-state index contributed by atoms with van der Waals surface area (Å²) in [6, 6.07) is 4.18. The van der Waals surface area contributed by atoms with Crippen LogP contribution in [-0.4, -0.2) is 35.3 Å². The van der Waals surface area contributed by atoms with Crippen LogP contribution in [0.15, 0.2) is 18.2 Å². The third-order valence-electron chi connectivity index (χ3n) is 4.23. The molecule has 2 fully saturated rings. The van der Waals surface area contributed by atoms with E-state index in [4.69, 9.17) is 23.2 Å². The summed E-state index contributed by atoms with van der Waals surface area (Å²) in [5.41, 5.74) is 0.625. The van der Waals surface area contributed by atoms with Crippen molar-refractivity contribution in [3.8, 4) is 0 Å². The molecule has 112 valence electrons. The highest BCUT2D eigenvalue weighted by Gasteiger charge is 2.45. The number of rotatable bonds is 1. The molecular weight excluding hydrogens is 311 g/mol. The van der Waals surface area contributed by atoms with E-state index in [0.717, 1.165) is 19.3 Å². The molecule has 0 aromatic heterocycles. The molecule has 0 saturated carbocycles. The minimum Gasteiger partial charge on any atom is -0.329 e. The molecule has 2 aliphatic rings. The Hall–Kier alpha value is -1.26. The highest BCUT2D eigenvalue weighted by atomic mass is 35.5. The number of nitrogens with zero attached hydrogens (tertiary/aromatic N) is 2. The number of carbonyl (C=O) groups is 2. The number of amides is 2. The van der Waals surface area contributed by atoms with Gasteiger partial charge in [0.05, 0.1) is 10.0 Å². The van der Waals surface area contributed by atoms with Crippen molar-refractivity contribution in [3.05, 3.63) is 28.2 Å². The van der Waals surface area contributed by atoms with E-state index >= 15 is 0 Å². The van der Waals surface area contributed by atoms with Gasteiger partial charge in [-0.1, -0.05) is 23.2 Å². The second kappa shape index (κ2) is 5.50. The topological polar surface area (TPSA) is 40.6 Å². The zero-order chi connectivity index (χ0) is 15.1. The standard InChI is InChI=1S/C15H16Cl2N2O2/c1-9-14(20)18-7-3-2-4-13(18)15(21)19(9)10-5-6-11(16)12(17)8-10/h5-6,8-9,13H,2-4,7H2,1H3. The van der Waals surface area contributed by atoms with E-state index in [0.29, 0.717) is 22.3 Å². The molecule has 0 N–H and O–H groups in total. The van der Waals surface area contributed by atoms with Crippen LogP contribution in [-0.2, 0) is 9.59 Å². The summed E-state index contributed by atoms with van der Waals surface area (Å²) in [5, 5.41) is 0.816. The SMILES string of the molecule is CC1C(=O)N2CCCCC2C(=O)N1c1ccc(Cl)c(Cl)c1. The van der Waals surface area contributed by atoms with Crippen molar-refractivity contribution in [3.63, 3.8) is 0 Å². The average Bonchev–Trinajstić information content (AvgIpc) is 2.49. The van der Waals surface area contributed by atoms with E-state index in [2.05, 4.69) is 0 Å². The Balaban J connectivity index is 1.99. The van der Waals surface area contributed by atoms with E-state index < -0.39 is 6.04 Å². The van der Waals surface area contributed by atoms with Crippen molar-refractivity contribution in [2.24, 2.45) is 0 Å². The van der Waals surface area contributed by atoms with Gasteiger partial charge in [0.1, 0.15) is 12.1 Å². The lowest BCUT2D eigenvalue weighted by Gasteiger charge is -2.46. The van der Waals surface area contributed by atoms with Gasteiger partial charge in [-0.2, -0.15) is 0 Å². The van der Waals surface area contributed by atoms with Crippen molar-refractivity contribution < 1.29 is 9.59 Å². The fourth-order valence-corrected chi connectivity index (χ4v) is 3.43. The van der Waals surface area contributed by atoms with Crippen molar-refractivity contribution in [1.29, 1.82) is 0 Å². The number of hydrogen-bond donors (Lipinski definition) is 0. The molecule has 1 aromatic carbocycles. The lowest BCUT2D eigenvalue weighted by molar-refractivity contribution is -0.147. The number of carbonyl (C=O) groups excluding carboxylic acids is 2. The maximum Gasteiger partial charge on any atom is 0.250 e. The maximum absolute atomic E-state index is 12.8. The average molecular weight is 327 g/mol. The number of fused-ring (bicyclic) bond motifs is 1. The largest absolute Gasteiger partial charge is 0.329 e. The van der Waals surface area contributed by atoms with Gasteiger partial charge in [0.15, 0.2) is 0 Å². The van der Waals surface area contributed by atoms with Crippen LogP contribution in [0.5, 0.6) is 0 Å². The molecule has 2 aliphatic heterocycles. The predicted octanol–water partition coefficient (Wildman–Crippen LogP) is 3.11. The molecule has 0 aliphatic carbocycles. The number of benzene rings is 1. The third-order valence-corrected chi connectivity index (χ3v) is 4.97. The first-order valence-electron chi connectivity index (χ1n) is 7.09. The summed E-state index contributed by atoms with van der Waals surface area (Å²) in [4.78, 5) is 28.6. The molecule has 1 aromatic rings. The molecule has 2 amide bonds. The quantitative estimate of drug-likeness (QED) is 0.795. The highest BCUT2D eigenvalue weighted by molar-refractivity contribution is 6.42.